The summed E-state index contributed by atoms with van der Waals surface area (Å²) in [5, 5.41) is 3.09. The number of nitrogens with one attached hydrogen (secondary N) is 2. The first kappa shape index (κ1) is 17.0. The normalized spacial score (nSPS) is 12.1. The van der Waals surface area contributed by atoms with Crippen LogP contribution in [-0.4, -0.2) is 15.5 Å². The quantitative estimate of drug-likeness (QED) is 0.705. The Labute approximate surface area is 148 Å². The molecule has 2 N–H and O–H groups in total. The smallest absolute Gasteiger partial charge is 0.262 e. The fourth-order valence-electron chi connectivity index (χ4n) is 2.62. The van der Waals surface area contributed by atoms with Crippen molar-refractivity contribution in [3.63, 3.8) is 0 Å². The van der Waals surface area contributed by atoms with Gasteiger partial charge in [-0.2, -0.15) is 0 Å². The summed E-state index contributed by atoms with van der Waals surface area (Å²) in [5.74, 6) is -0.809. The number of rotatable bonds is 4. The van der Waals surface area contributed by atoms with Crippen molar-refractivity contribution < 1.29 is 9.18 Å². The summed E-state index contributed by atoms with van der Waals surface area (Å²) in [6.45, 7) is 1.62. The summed E-state index contributed by atoms with van der Waals surface area (Å²) < 4.78 is 15.0. The number of hydrogen-bond donors (Lipinski definition) is 2. The standard InChI is InChI=1S/C18H16FN3O2S/c1-11(16(23)20-10-12-6-2-4-8-14(12)19)22-17(24)13-7-3-5-9-15(13)21-18(22)25/h2-9,11H,10H2,1H3,(H,20,23)(H,21,25)/t11-/m0/s1. The number of carbonyl (C=O) groups is 1. The molecule has 1 atom stereocenters. The Bertz CT molecular complexity index is 1060. The van der Waals surface area contributed by atoms with Gasteiger partial charge in [-0.1, -0.05) is 30.3 Å². The summed E-state index contributed by atoms with van der Waals surface area (Å²) in [5.41, 5.74) is 0.652. The molecular weight excluding hydrogens is 341 g/mol. The molecule has 0 fully saturated rings. The van der Waals surface area contributed by atoms with Crippen molar-refractivity contribution in [1.29, 1.82) is 0 Å². The highest BCUT2D eigenvalue weighted by atomic mass is 32.1. The van der Waals surface area contributed by atoms with E-state index in [-0.39, 0.29) is 16.9 Å². The molecule has 1 aromatic heterocycles. The monoisotopic (exact) mass is 357 g/mol. The third kappa shape index (κ3) is 3.36. The second-order valence-corrected chi connectivity index (χ2v) is 6.02. The van der Waals surface area contributed by atoms with Crippen molar-refractivity contribution in [2.24, 2.45) is 0 Å². The summed E-state index contributed by atoms with van der Waals surface area (Å²) in [4.78, 5) is 28.0. The zero-order valence-electron chi connectivity index (χ0n) is 13.5. The molecule has 0 saturated heterocycles. The lowest BCUT2D eigenvalue weighted by molar-refractivity contribution is -0.124. The van der Waals surface area contributed by atoms with Crippen molar-refractivity contribution in [2.45, 2.75) is 19.5 Å². The molecule has 0 bridgehead atoms. The molecule has 0 aliphatic rings. The molecule has 1 heterocycles. The van der Waals surface area contributed by atoms with Crippen LogP contribution in [0.15, 0.2) is 53.3 Å². The van der Waals surface area contributed by atoms with E-state index in [2.05, 4.69) is 10.3 Å². The van der Waals surface area contributed by atoms with Crippen LogP contribution in [0.2, 0.25) is 0 Å². The van der Waals surface area contributed by atoms with E-state index in [1.807, 2.05) is 0 Å². The van der Waals surface area contributed by atoms with E-state index in [0.717, 1.165) is 0 Å². The topological polar surface area (TPSA) is 66.9 Å². The van der Waals surface area contributed by atoms with Gasteiger partial charge >= 0.3 is 0 Å². The maximum absolute atomic E-state index is 13.6. The zero-order valence-corrected chi connectivity index (χ0v) is 14.3. The van der Waals surface area contributed by atoms with Gasteiger partial charge in [0.25, 0.3) is 5.56 Å². The van der Waals surface area contributed by atoms with Gasteiger partial charge in [-0.15, -0.1) is 0 Å². The second-order valence-electron chi connectivity index (χ2n) is 5.64. The third-order valence-electron chi connectivity index (χ3n) is 4.01. The minimum Gasteiger partial charge on any atom is -0.350 e. The SMILES string of the molecule is C[C@@H](C(=O)NCc1ccccc1F)n1c(=S)[nH]c2ccccc2c1=O. The Kier molecular flexibility index (Phi) is 4.76. The number of para-hydroxylation sites is 1. The molecule has 1 amide bonds. The molecule has 0 radical (unpaired) electrons. The Morgan fingerprint density at radius 2 is 1.92 bits per heavy atom. The van der Waals surface area contributed by atoms with E-state index in [9.17, 15) is 14.0 Å². The van der Waals surface area contributed by atoms with Gasteiger partial charge in [-0.3, -0.25) is 14.2 Å². The molecular formula is C18H16FN3O2S. The first-order chi connectivity index (χ1) is 12.0. The first-order valence-electron chi connectivity index (χ1n) is 7.73. The summed E-state index contributed by atoms with van der Waals surface area (Å²) in [7, 11) is 0. The molecule has 0 aliphatic carbocycles. The second kappa shape index (κ2) is 6.98. The number of amides is 1. The van der Waals surface area contributed by atoms with Crippen LogP contribution in [0, 0.1) is 10.6 Å². The predicted octanol–water partition coefficient (Wildman–Crippen LogP) is 3.08. The van der Waals surface area contributed by atoms with Crippen LogP contribution in [0.4, 0.5) is 4.39 Å². The van der Waals surface area contributed by atoms with Crippen LogP contribution < -0.4 is 10.9 Å². The first-order valence-corrected chi connectivity index (χ1v) is 8.14. The highest BCUT2D eigenvalue weighted by Crippen LogP contribution is 2.11. The molecule has 7 heteroatoms. The lowest BCUT2D eigenvalue weighted by atomic mass is 10.2. The number of nitrogens with zero attached hydrogens (tertiary/aromatic N) is 1. The molecule has 3 rings (SSSR count). The van der Waals surface area contributed by atoms with E-state index in [1.165, 1.54) is 10.6 Å². The number of H-pyrrole nitrogens is 1. The minimum absolute atomic E-state index is 0.0364. The lowest BCUT2D eigenvalue weighted by Crippen LogP contribution is -2.36. The van der Waals surface area contributed by atoms with Crippen molar-refractivity contribution in [2.75, 3.05) is 0 Å². The van der Waals surface area contributed by atoms with Gasteiger partial charge in [-0.25, -0.2) is 4.39 Å². The van der Waals surface area contributed by atoms with E-state index >= 15 is 0 Å². The summed E-state index contributed by atoms with van der Waals surface area (Å²) in [6.07, 6.45) is 0. The Morgan fingerprint density at radius 3 is 2.68 bits per heavy atom. The van der Waals surface area contributed by atoms with Gasteiger partial charge in [0.2, 0.25) is 5.91 Å². The summed E-state index contributed by atoms with van der Waals surface area (Å²) >= 11 is 5.23. The molecule has 0 aliphatic heterocycles. The zero-order chi connectivity index (χ0) is 18.0. The maximum atomic E-state index is 13.6. The molecule has 0 spiro atoms. The molecule has 25 heavy (non-hydrogen) atoms. The molecule has 3 aromatic rings. The van der Waals surface area contributed by atoms with Gasteiger partial charge in [0, 0.05) is 12.1 Å². The van der Waals surface area contributed by atoms with E-state index in [1.54, 1.807) is 49.4 Å². The number of hydrogen-bond acceptors (Lipinski definition) is 3. The highest BCUT2D eigenvalue weighted by Gasteiger charge is 2.19. The Balaban J connectivity index is 1.88. The molecule has 0 unspecified atom stereocenters. The lowest BCUT2D eigenvalue weighted by Gasteiger charge is -2.16. The number of benzene rings is 2. The van der Waals surface area contributed by atoms with Gasteiger partial charge in [0.05, 0.1) is 10.9 Å². The van der Waals surface area contributed by atoms with E-state index < -0.39 is 17.8 Å². The van der Waals surface area contributed by atoms with Crippen LogP contribution in [0.1, 0.15) is 18.5 Å². The number of halogens is 1. The fourth-order valence-corrected chi connectivity index (χ4v) is 2.97. The molecule has 128 valence electrons. The number of fused-ring (bicyclic) bond motifs is 1. The van der Waals surface area contributed by atoms with Crippen LogP contribution in [0.3, 0.4) is 0 Å². The maximum Gasteiger partial charge on any atom is 0.262 e. The van der Waals surface area contributed by atoms with Crippen molar-refractivity contribution in [1.82, 2.24) is 14.9 Å². The van der Waals surface area contributed by atoms with Gasteiger partial charge in [0.15, 0.2) is 4.77 Å². The van der Waals surface area contributed by atoms with E-state index in [4.69, 9.17) is 12.2 Å². The van der Waals surface area contributed by atoms with Gasteiger partial charge in [0.1, 0.15) is 11.9 Å². The average molecular weight is 357 g/mol. The average Bonchev–Trinajstić information content (AvgIpc) is 2.60. The fraction of sp³-hybridized carbons (Fsp3) is 0.167. The van der Waals surface area contributed by atoms with E-state index in [0.29, 0.717) is 16.5 Å². The van der Waals surface area contributed by atoms with Gasteiger partial charge in [-0.05, 0) is 37.3 Å². The minimum atomic E-state index is -0.826. The predicted molar refractivity (Wildman–Crippen MR) is 96.4 cm³/mol. The van der Waals surface area contributed by atoms with Crippen LogP contribution in [0.25, 0.3) is 10.9 Å². The van der Waals surface area contributed by atoms with Crippen LogP contribution >= 0.6 is 12.2 Å². The molecule has 2 aromatic carbocycles. The van der Waals surface area contributed by atoms with Crippen molar-refractivity contribution in [3.05, 3.63) is 75.0 Å². The number of aromatic amines is 1. The largest absolute Gasteiger partial charge is 0.350 e. The Morgan fingerprint density at radius 1 is 1.24 bits per heavy atom. The third-order valence-corrected chi connectivity index (χ3v) is 4.31. The van der Waals surface area contributed by atoms with Crippen LogP contribution in [-0.2, 0) is 11.3 Å². The molecule has 5 nitrogen and oxygen atoms in total. The van der Waals surface area contributed by atoms with Crippen molar-refractivity contribution in [3.8, 4) is 0 Å². The summed E-state index contributed by atoms with van der Waals surface area (Å²) in [6, 6.07) is 12.3. The van der Waals surface area contributed by atoms with Crippen LogP contribution in [0.5, 0.6) is 0 Å². The van der Waals surface area contributed by atoms with Crippen molar-refractivity contribution >= 4 is 29.0 Å². The van der Waals surface area contributed by atoms with Gasteiger partial charge < -0.3 is 10.3 Å². The Hall–Kier alpha value is -2.80. The number of aromatic nitrogens is 2. The number of carbonyl (C=O) groups excluding carboxylic acids is 1. The highest BCUT2D eigenvalue weighted by molar-refractivity contribution is 7.71. The molecule has 0 saturated carbocycles.